The molecule has 128 valence electrons. The lowest BCUT2D eigenvalue weighted by atomic mass is 10.1. The van der Waals surface area contributed by atoms with Gasteiger partial charge in [0.05, 0.1) is 16.6 Å². The number of nitrogens with one attached hydrogen (secondary N) is 2. The van der Waals surface area contributed by atoms with E-state index in [0.717, 1.165) is 28.1 Å². The quantitative estimate of drug-likeness (QED) is 0.576. The normalized spacial score (nSPS) is 10.8. The number of fused-ring (bicyclic) bond motifs is 1. The van der Waals surface area contributed by atoms with Crippen molar-refractivity contribution in [2.45, 2.75) is 13.8 Å². The Balaban J connectivity index is 1.57. The van der Waals surface area contributed by atoms with Gasteiger partial charge in [-0.15, -0.1) is 0 Å². The lowest BCUT2D eigenvalue weighted by Gasteiger charge is -2.05. The molecule has 0 atom stereocenters. The van der Waals surface area contributed by atoms with Crippen LogP contribution < -0.4 is 5.32 Å². The molecule has 4 aromatic rings. The van der Waals surface area contributed by atoms with Crippen LogP contribution in [0.4, 0.5) is 5.69 Å². The molecule has 2 aromatic carbocycles. The molecular formula is C21H18N4O. The van der Waals surface area contributed by atoms with E-state index in [0.29, 0.717) is 5.56 Å². The van der Waals surface area contributed by atoms with Gasteiger partial charge in [-0.3, -0.25) is 9.78 Å². The number of hydrogen-bond acceptors (Lipinski definition) is 3. The van der Waals surface area contributed by atoms with Crippen molar-refractivity contribution in [1.29, 1.82) is 0 Å². The first-order chi connectivity index (χ1) is 12.6. The molecule has 1 amide bonds. The smallest absolute Gasteiger partial charge is 0.257 e. The highest BCUT2D eigenvalue weighted by molar-refractivity contribution is 6.04. The molecule has 0 bridgehead atoms. The summed E-state index contributed by atoms with van der Waals surface area (Å²) >= 11 is 0. The zero-order valence-corrected chi connectivity index (χ0v) is 14.6. The van der Waals surface area contributed by atoms with Crippen molar-refractivity contribution in [2.24, 2.45) is 0 Å². The van der Waals surface area contributed by atoms with Crippen LogP contribution in [-0.4, -0.2) is 20.9 Å². The number of imidazole rings is 1. The van der Waals surface area contributed by atoms with Gasteiger partial charge in [0.25, 0.3) is 5.91 Å². The van der Waals surface area contributed by atoms with Gasteiger partial charge in [-0.25, -0.2) is 4.98 Å². The van der Waals surface area contributed by atoms with E-state index in [1.807, 2.05) is 24.3 Å². The fourth-order valence-corrected chi connectivity index (χ4v) is 2.82. The number of pyridine rings is 1. The molecule has 0 radical (unpaired) electrons. The minimum absolute atomic E-state index is 0.180. The topological polar surface area (TPSA) is 70.7 Å². The molecule has 4 rings (SSSR count). The third kappa shape index (κ3) is 3.07. The maximum Gasteiger partial charge on any atom is 0.257 e. The number of aromatic nitrogens is 3. The van der Waals surface area contributed by atoms with E-state index >= 15 is 0 Å². The number of nitrogens with zero attached hydrogens (tertiary/aromatic N) is 2. The Morgan fingerprint density at radius 3 is 2.54 bits per heavy atom. The molecule has 0 aliphatic heterocycles. The fraction of sp³-hybridized carbons (Fsp3) is 0.0952. The van der Waals surface area contributed by atoms with Gasteiger partial charge in [0.2, 0.25) is 0 Å². The third-order valence-corrected chi connectivity index (χ3v) is 4.44. The number of H-pyrrole nitrogens is 1. The summed E-state index contributed by atoms with van der Waals surface area (Å²) in [5.74, 6) is 0.635. The van der Waals surface area contributed by atoms with Crippen molar-refractivity contribution < 1.29 is 4.79 Å². The number of amides is 1. The van der Waals surface area contributed by atoms with Gasteiger partial charge >= 0.3 is 0 Å². The largest absolute Gasteiger partial charge is 0.338 e. The summed E-state index contributed by atoms with van der Waals surface area (Å²) in [7, 11) is 0. The molecule has 0 fully saturated rings. The Morgan fingerprint density at radius 2 is 1.81 bits per heavy atom. The van der Waals surface area contributed by atoms with Gasteiger partial charge in [0.1, 0.15) is 5.82 Å². The van der Waals surface area contributed by atoms with Crippen LogP contribution in [-0.2, 0) is 0 Å². The molecular weight excluding hydrogens is 324 g/mol. The van der Waals surface area contributed by atoms with Crippen LogP contribution in [0.2, 0.25) is 0 Å². The minimum atomic E-state index is -0.180. The van der Waals surface area contributed by atoms with Crippen LogP contribution in [0.3, 0.4) is 0 Å². The number of hydrogen-bond donors (Lipinski definition) is 2. The minimum Gasteiger partial charge on any atom is -0.338 e. The van der Waals surface area contributed by atoms with Crippen molar-refractivity contribution in [2.75, 3.05) is 5.32 Å². The molecule has 0 spiro atoms. The van der Waals surface area contributed by atoms with E-state index in [4.69, 9.17) is 0 Å². The van der Waals surface area contributed by atoms with Crippen LogP contribution in [0.15, 0.2) is 60.9 Å². The Morgan fingerprint density at radius 1 is 1.04 bits per heavy atom. The van der Waals surface area contributed by atoms with E-state index in [-0.39, 0.29) is 5.91 Å². The molecule has 5 nitrogen and oxygen atoms in total. The Bertz CT molecular complexity index is 1040. The molecule has 0 saturated heterocycles. The first-order valence-electron chi connectivity index (χ1n) is 8.39. The standard InChI is InChI=1S/C21H18N4O/c1-13-10-18-19(11-14(13)2)25-20(24-18)15-5-7-17(8-6-15)23-21(26)16-4-3-9-22-12-16/h3-12H,1-2H3,(H,23,26)(H,24,25). The van der Waals surface area contributed by atoms with E-state index < -0.39 is 0 Å². The van der Waals surface area contributed by atoms with Gasteiger partial charge in [0.15, 0.2) is 0 Å². The molecule has 2 aromatic heterocycles. The van der Waals surface area contributed by atoms with Gasteiger partial charge < -0.3 is 10.3 Å². The summed E-state index contributed by atoms with van der Waals surface area (Å²) in [5, 5.41) is 2.87. The van der Waals surface area contributed by atoms with Gasteiger partial charge in [-0.1, -0.05) is 0 Å². The molecule has 2 heterocycles. The molecule has 0 unspecified atom stereocenters. The maximum atomic E-state index is 12.2. The summed E-state index contributed by atoms with van der Waals surface area (Å²) in [5.41, 5.74) is 6.67. The molecule has 0 saturated carbocycles. The second-order valence-electron chi connectivity index (χ2n) is 6.31. The van der Waals surface area contributed by atoms with E-state index in [9.17, 15) is 4.79 Å². The second kappa shape index (κ2) is 6.44. The van der Waals surface area contributed by atoms with Gasteiger partial charge in [-0.2, -0.15) is 0 Å². The Kier molecular flexibility index (Phi) is 3.97. The number of aromatic amines is 1. The Hall–Kier alpha value is -3.47. The Labute approximate surface area is 151 Å². The molecule has 26 heavy (non-hydrogen) atoms. The molecule has 0 aliphatic rings. The number of carbonyl (C=O) groups excluding carboxylic acids is 1. The average Bonchev–Trinajstić information content (AvgIpc) is 3.06. The summed E-state index contributed by atoms with van der Waals surface area (Å²) in [4.78, 5) is 24.2. The number of rotatable bonds is 3. The molecule has 0 aliphatic carbocycles. The van der Waals surface area contributed by atoms with Crippen molar-refractivity contribution >= 4 is 22.6 Å². The second-order valence-corrected chi connectivity index (χ2v) is 6.31. The summed E-state index contributed by atoms with van der Waals surface area (Å²) in [6.45, 7) is 4.18. The van der Waals surface area contributed by atoms with Crippen molar-refractivity contribution in [3.63, 3.8) is 0 Å². The number of anilines is 1. The molecule has 2 N–H and O–H groups in total. The first kappa shape index (κ1) is 16.0. The number of benzene rings is 2. The highest BCUT2D eigenvalue weighted by Gasteiger charge is 2.09. The highest BCUT2D eigenvalue weighted by Crippen LogP contribution is 2.24. The summed E-state index contributed by atoms with van der Waals surface area (Å²) < 4.78 is 0. The third-order valence-electron chi connectivity index (χ3n) is 4.44. The predicted octanol–water partition coefficient (Wildman–Crippen LogP) is 4.49. The average molecular weight is 342 g/mol. The number of carbonyl (C=O) groups is 1. The highest BCUT2D eigenvalue weighted by atomic mass is 16.1. The number of aryl methyl sites for hydroxylation is 2. The van der Waals surface area contributed by atoms with Crippen LogP contribution in [0.25, 0.3) is 22.4 Å². The van der Waals surface area contributed by atoms with Crippen LogP contribution in [0.1, 0.15) is 21.5 Å². The zero-order valence-electron chi connectivity index (χ0n) is 14.6. The van der Waals surface area contributed by atoms with Crippen molar-refractivity contribution in [3.05, 3.63) is 77.6 Å². The van der Waals surface area contributed by atoms with Crippen LogP contribution >= 0.6 is 0 Å². The monoisotopic (exact) mass is 342 g/mol. The van der Waals surface area contributed by atoms with Gasteiger partial charge in [0, 0.05) is 23.6 Å². The SMILES string of the molecule is Cc1cc2nc(-c3ccc(NC(=O)c4cccnc4)cc3)[nH]c2cc1C. The zero-order chi connectivity index (χ0) is 18.1. The van der Waals surface area contributed by atoms with Crippen LogP contribution in [0, 0.1) is 13.8 Å². The van der Waals surface area contributed by atoms with Crippen molar-refractivity contribution in [1.82, 2.24) is 15.0 Å². The summed E-state index contributed by atoms with van der Waals surface area (Å²) in [6.07, 6.45) is 3.18. The van der Waals surface area contributed by atoms with E-state index in [1.165, 1.54) is 11.1 Å². The van der Waals surface area contributed by atoms with Crippen LogP contribution in [0.5, 0.6) is 0 Å². The predicted molar refractivity (Wildman–Crippen MR) is 103 cm³/mol. The van der Waals surface area contributed by atoms with Crippen molar-refractivity contribution in [3.8, 4) is 11.4 Å². The summed E-state index contributed by atoms with van der Waals surface area (Å²) in [6, 6.07) is 15.3. The van der Waals surface area contributed by atoms with Gasteiger partial charge in [-0.05, 0) is 73.5 Å². The lowest BCUT2D eigenvalue weighted by Crippen LogP contribution is -2.11. The van der Waals surface area contributed by atoms with E-state index in [2.05, 4.69) is 46.2 Å². The molecule has 5 heteroatoms. The maximum absolute atomic E-state index is 12.2. The fourth-order valence-electron chi connectivity index (χ4n) is 2.82. The van der Waals surface area contributed by atoms with E-state index in [1.54, 1.807) is 24.5 Å². The lowest BCUT2D eigenvalue weighted by molar-refractivity contribution is 0.102. The first-order valence-corrected chi connectivity index (χ1v) is 8.39.